The van der Waals surface area contributed by atoms with E-state index in [0.29, 0.717) is 56.6 Å². The first-order valence-electron chi connectivity index (χ1n) is 45.4. The van der Waals surface area contributed by atoms with Crippen molar-refractivity contribution in [2.75, 3.05) is 5.75 Å². The number of hydrogen-bond acceptors (Lipinski definition) is 18. The van der Waals surface area contributed by atoms with Crippen molar-refractivity contribution < 1.29 is 97.9 Å². The van der Waals surface area contributed by atoms with Crippen LogP contribution in [0.25, 0.3) is 25.1 Å². The third-order valence-electron chi connectivity index (χ3n) is 29.9. The number of hydrogen-bond donors (Lipinski definition) is 1. The van der Waals surface area contributed by atoms with Crippen LogP contribution >= 0.6 is 10.5 Å². The maximum absolute atomic E-state index is 13.3. The van der Waals surface area contributed by atoms with E-state index in [-0.39, 0.29) is 98.5 Å². The molecule has 12 fully saturated rings. The van der Waals surface area contributed by atoms with Crippen LogP contribution in [0.3, 0.4) is 0 Å². The Morgan fingerprint density at radius 3 is 1.61 bits per heavy atom. The Morgan fingerprint density at radius 1 is 0.613 bits per heavy atom. The lowest BCUT2D eigenvalue weighted by molar-refractivity contribution is -0.239. The molecule has 10 bridgehead atoms. The number of aryl methyl sites for hydroxylation is 1. The Balaban J connectivity index is 0.000000147. The van der Waals surface area contributed by atoms with Gasteiger partial charge < -0.3 is 47.6 Å². The van der Waals surface area contributed by atoms with Crippen LogP contribution in [0, 0.1) is 88.8 Å². The van der Waals surface area contributed by atoms with Crippen molar-refractivity contribution in [3.05, 3.63) is 131 Å². The minimum absolute atomic E-state index is 0.00100. The lowest BCUT2D eigenvalue weighted by atomic mass is 9.46. The number of thiophene rings is 1. The molecule has 23 heteroatoms. The second-order valence-corrected chi connectivity index (χ2v) is 44.6. The van der Waals surface area contributed by atoms with Gasteiger partial charge in [-0.3, -0.25) is 28.8 Å². The van der Waals surface area contributed by atoms with Crippen LogP contribution in [0.15, 0.2) is 109 Å². The number of fused-ring (bicyclic) bond motifs is 4. The molecule has 0 radical (unpaired) electrons. The first-order chi connectivity index (χ1) is 57.9. The Kier molecular flexibility index (Phi) is 29.4. The van der Waals surface area contributed by atoms with Gasteiger partial charge in [-0.15, -0.1) is 0 Å². The van der Waals surface area contributed by atoms with Crippen molar-refractivity contribution in [1.29, 1.82) is 0 Å². The molecule has 9 unspecified atom stereocenters. The molecule has 682 valence electrons. The number of alkyl halides is 3. The summed E-state index contributed by atoms with van der Waals surface area (Å²) in [5.74, 6) is 0.880. The topological polar surface area (TPSA) is 254 Å². The standard InChI is InChI=1S/C20H29F3O7S.C19H32O2.C18H13S.C16H24O.C15H22O3.C13H18O5/c1-4-17(2,3)15(24)30-19-8-12-5-13(9-19)7-18(6-12,11-19)16(25)29-14(20(21,22)23)10-31(26,27)28;1-6-17(2,3)16(20)21-18(4,5)19-10-13-7-14(11-19)9-15(8-13)12-19;1-2-8-14(9-3-1)19-17-12-6-4-10-15(17)16-11-5-7-13-18(16)19;1-4-13(2)14-7-9-15(10-8-14)17-16(3)11-5-6-12-16;1-7-15(5,6)14(17)18-12-8-9(2)13(16)11(4)10(12)3;1-4-13(2,3)12(15)18-9-7-5-6-8(16-7)10(9)17-11(6)14/h12-14H,4-11H2,1-3H3,(H,26,27,28);13-15H,6-12H2,1-5H3;1-13H;7-10,13H,4-6,11-12H2,1-3H3;8,16H,7H2,1-6H3;6-10H,4-5H2,1-3H3/q;;+1;;;/p-1. The lowest BCUT2D eigenvalue weighted by Gasteiger charge is -2.61. The molecule has 9 saturated carbocycles. The predicted octanol–water partition coefficient (Wildman–Crippen LogP) is 23.6. The van der Waals surface area contributed by atoms with Crippen molar-refractivity contribution in [2.45, 2.75) is 339 Å². The fourth-order valence-electron chi connectivity index (χ4n) is 20.7. The smallest absolute Gasteiger partial charge is 0.426 e. The fraction of sp³-hybridized carbons (Fsp3) is 0.644. The maximum atomic E-state index is 13.3. The van der Waals surface area contributed by atoms with E-state index in [2.05, 4.69) is 149 Å². The summed E-state index contributed by atoms with van der Waals surface area (Å²) in [6, 6.07) is 38.8. The van der Waals surface area contributed by atoms with Gasteiger partial charge in [0, 0.05) is 33.1 Å². The summed E-state index contributed by atoms with van der Waals surface area (Å²) in [5.41, 5.74) is -0.610. The van der Waals surface area contributed by atoms with Crippen molar-refractivity contribution in [3.63, 3.8) is 0 Å². The molecule has 9 atom stereocenters. The lowest BCUT2D eigenvalue weighted by Crippen LogP contribution is -2.61. The van der Waals surface area contributed by atoms with Gasteiger partial charge in [0.2, 0.25) is 6.10 Å². The number of carbonyl (C=O) groups is 6. The molecule has 124 heavy (non-hydrogen) atoms. The number of aromatic hydroxyl groups is 1. The quantitative estimate of drug-likeness (QED) is 0.0218. The first-order valence-corrected chi connectivity index (χ1v) is 48.2. The molecule has 3 aliphatic heterocycles. The van der Waals surface area contributed by atoms with Crippen LogP contribution < -0.4 is 9.47 Å². The van der Waals surface area contributed by atoms with Gasteiger partial charge >= 0.3 is 42.0 Å². The highest BCUT2D eigenvalue weighted by Gasteiger charge is 2.67. The molecule has 18 nitrogen and oxygen atoms in total. The van der Waals surface area contributed by atoms with E-state index in [1.54, 1.807) is 26.8 Å². The summed E-state index contributed by atoms with van der Waals surface area (Å²) in [6.45, 7) is 39.3. The normalized spacial score (nSPS) is 27.1. The number of esters is 6. The Bertz CT molecular complexity index is 4810. The van der Waals surface area contributed by atoms with Gasteiger partial charge in [0.15, 0.2) is 26.5 Å². The van der Waals surface area contributed by atoms with E-state index in [0.717, 1.165) is 59.5 Å². The molecule has 1 N–H and O–H groups in total. The molecule has 18 rings (SSSR count). The number of ether oxygens (including phenoxy) is 8. The zero-order valence-corrected chi connectivity index (χ0v) is 78.6. The molecule has 12 aliphatic rings. The Morgan fingerprint density at radius 2 is 1.10 bits per heavy atom. The van der Waals surface area contributed by atoms with Crippen molar-refractivity contribution >= 4 is 76.6 Å². The number of halogens is 3. The van der Waals surface area contributed by atoms with Gasteiger partial charge in [-0.2, -0.15) is 13.2 Å². The SMILES string of the molecule is CCC(C)(C)C(=O)OC(C)(C)C12CC3CC(CC(C3)C1)C2.CCC(C)(C)C(=O)OC12CC3CC(C1)CC(C(=O)OC(CS(=O)(=O)[O-])C(F)(F)F)(C3)C2.CCC(C)(C)C(=O)OC1C2CC3C(=O)OC1C3O2.CCC(C)(C)C(=O)Oc1cc(C)c(O)c(C)c1C.CCC(C)c1ccc(OC2(C)CCCC2)cc1.c1ccc(-[s+]2c3ccccc3c3ccccc32)cc1. The number of rotatable bonds is 22. The second-order valence-electron chi connectivity index (χ2n) is 41.2. The molecule has 0 amide bonds. The zero-order chi connectivity index (χ0) is 91.0. The third kappa shape index (κ3) is 21.5. The molecule has 3 saturated heterocycles. The van der Waals surface area contributed by atoms with Gasteiger partial charge in [0.1, 0.15) is 40.2 Å². The third-order valence-corrected chi connectivity index (χ3v) is 33.0. The average molecular weight is 1760 g/mol. The van der Waals surface area contributed by atoms with Gasteiger partial charge in [-0.25, -0.2) is 8.42 Å². The minimum atomic E-state index is -5.27. The summed E-state index contributed by atoms with van der Waals surface area (Å²) in [7, 11) is -5.21. The number of phenols is 1. The highest BCUT2D eigenvalue weighted by molar-refractivity contribution is 7.85. The Labute approximate surface area is 736 Å². The highest BCUT2D eigenvalue weighted by Crippen LogP contribution is 2.66. The number of phenolic OH excluding ortho intramolecular Hbond substituents is 1. The minimum Gasteiger partial charge on any atom is -0.748 e. The molecule has 0 spiro atoms. The van der Waals surface area contributed by atoms with Crippen molar-refractivity contribution in [2.24, 2.45) is 68.0 Å². The molecule has 6 aromatic rings. The highest BCUT2D eigenvalue weighted by atomic mass is 32.2. The van der Waals surface area contributed by atoms with Gasteiger partial charge in [-0.1, -0.05) is 96.1 Å². The van der Waals surface area contributed by atoms with E-state index in [4.69, 9.17) is 33.2 Å². The largest absolute Gasteiger partial charge is 0.748 e. The average Bonchev–Trinajstić information content (AvgIpc) is 1.64. The van der Waals surface area contributed by atoms with Crippen molar-refractivity contribution in [3.8, 4) is 22.1 Å². The van der Waals surface area contributed by atoms with E-state index in [9.17, 15) is 60.0 Å². The summed E-state index contributed by atoms with van der Waals surface area (Å²) in [6.07, 6.45) is 10.9. The summed E-state index contributed by atoms with van der Waals surface area (Å²) < 4.78 is 120. The summed E-state index contributed by atoms with van der Waals surface area (Å²) in [4.78, 5) is 75.3. The zero-order valence-electron chi connectivity index (χ0n) is 76.9. The van der Waals surface area contributed by atoms with E-state index < -0.39 is 79.6 Å². The van der Waals surface area contributed by atoms with Crippen LogP contribution in [0.1, 0.15) is 287 Å². The van der Waals surface area contributed by atoms with Crippen LogP contribution in [-0.4, -0.2) is 113 Å². The van der Waals surface area contributed by atoms with Gasteiger partial charge in [0.25, 0.3) is 0 Å². The summed E-state index contributed by atoms with van der Waals surface area (Å²) >= 11 is 0. The molecule has 5 aromatic carbocycles. The predicted molar refractivity (Wildman–Crippen MR) is 476 cm³/mol. The molecule has 9 aliphatic carbocycles. The summed E-state index contributed by atoms with van der Waals surface area (Å²) in [5, 5.41) is 12.6. The number of benzene rings is 5. The van der Waals surface area contributed by atoms with Gasteiger partial charge in [0.05, 0.1) is 55.0 Å². The van der Waals surface area contributed by atoms with Crippen LogP contribution in [0.5, 0.6) is 17.2 Å². The van der Waals surface area contributed by atoms with Gasteiger partial charge in [-0.05, 0) is 344 Å². The second kappa shape index (κ2) is 37.6. The maximum Gasteiger partial charge on any atom is 0.426 e. The van der Waals surface area contributed by atoms with E-state index in [1.807, 2.05) is 76.2 Å². The van der Waals surface area contributed by atoms with Crippen LogP contribution in [0.4, 0.5) is 13.2 Å². The fourth-order valence-corrected chi connectivity index (χ4v) is 23.8. The van der Waals surface area contributed by atoms with E-state index >= 15 is 0 Å². The van der Waals surface area contributed by atoms with E-state index in [1.165, 1.54) is 101 Å². The molecular weight excluding hydrogens is 1620 g/mol. The van der Waals surface area contributed by atoms with Crippen molar-refractivity contribution in [1.82, 2.24) is 0 Å². The number of carbonyl (C=O) groups excluding carboxylic acids is 6. The molecular formula is C101H137F3O18S2. The monoisotopic (exact) mass is 1760 g/mol. The van der Waals surface area contributed by atoms with Crippen LogP contribution in [-0.2, 0) is 67.3 Å². The molecule has 4 heterocycles. The molecule has 1 aromatic heterocycles. The first kappa shape index (κ1) is 97.0. The Hall–Kier alpha value is -7.60. The van der Waals surface area contributed by atoms with Crippen LogP contribution in [0.2, 0.25) is 0 Å².